The molecule has 3 heteroatoms. The molecule has 0 heterocycles. The van der Waals surface area contributed by atoms with Gasteiger partial charge in [0.05, 0.1) is 5.38 Å². The molecule has 0 nitrogen and oxygen atoms in total. The van der Waals surface area contributed by atoms with Crippen molar-refractivity contribution in [2.45, 2.75) is 5.38 Å². The van der Waals surface area contributed by atoms with Gasteiger partial charge in [0, 0.05) is 10.0 Å². The molecule has 0 aliphatic rings. The second kappa shape index (κ2) is 4.98. The molecule has 0 aliphatic carbocycles. The third-order valence-electron chi connectivity index (χ3n) is 2.35. The number of hydrogen-bond acceptors (Lipinski definition) is 0. The molecule has 0 N–H and O–H groups in total. The normalized spacial score (nSPS) is 12.4. The lowest BCUT2D eigenvalue weighted by Gasteiger charge is -2.13. The van der Waals surface area contributed by atoms with Gasteiger partial charge in [-0.15, -0.1) is 11.6 Å². The van der Waals surface area contributed by atoms with Gasteiger partial charge in [-0.2, -0.15) is 0 Å². The Kier molecular flexibility index (Phi) is 3.62. The molecule has 0 aromatic heterocycles. The van der Waals surface area contributed by atoms with E-state index in [1.165, 1.54) is 6.07 Å². The Morgan fingerprint density at radius 2 is 1.69 bits per heavy atom. The summed E-state index contributed by atoms with van der Waals surface area (Å²) in [6, 6.07) is 14.3. The highest BCUT2D eigenvalue weighted by atomic mass is 79.9. The molecule has 0 saturated heterocycles. The summed E-state index contributed by atoms with van der Waals surface area (Å²) in [6.45, 7) is 0. The Bertz CT molecular complexity index is 464. The monoisotopic (exact) mass is 298 g/mol. The second-order valence-electron chi connectivity index (χ2n) is 3.41. The predicted molar refractivity (Wildman–Crippen MR) is 68.2 cm³/mol. The Morgan fingerprint density at radius 3 is 2.31 bits per heavy atom. The van der Waals surface area contributed by atoms with E-state index in [1.54, 1.807) is 12.1 Å². The summed E-state index contributed by atoms with van der Waals surface area (Å²) in [5.74, 6) is -0.293. The highest BCUT2D eigenvalue weighted by Gasteiger charge is 2.17. The highest BCUT2D eigenvalue weighted by Crippen LogP contribution is 2.35. The molecule has 1 atom stereocenters. The molecule has 82 valence electrons. The fourth-order valence-electron chi connectivity index (χ4n) is 1.54. The zero-order valence-corrected chi connectivity index (χ0v) is 10.7. The Morgan fingerprint density at radius 1 is 1.00 bits per heavy atom. The molecule has 0 aliphatic heterocycles. The fraction of sp³-hybridized carbons (Fsp3) is 0.0769. The lowest BCUT2D eigenvalue weighted by atomic mass is 10.0. The zero-order chi connectivity index (χ0) is 11.5. The van der Waals surface area contributed by atoms with Gasteiger partial charge in [0.2, 0.25) is 0 Å². The summed E-state index contributed by atoms with van der Waals surface area (Å²) in [5, 5.41) is -0.475. The molecule has 1 unspecified atom stereocenters. The molecule has 2 aromatic carbocycles. The van der Waals surface area contributed by atoms with Crippen LogP contribution in [0.3, 0.4) is 0 Å². The van der Waals surface area contributed by atoms with Crippen molar-refractivity contribution >= 4 is 27.5 Å². The lowest BCUT2D eigenvalue weighted by molar-refractivity contribution is 0.611. The van der Waals surface area contributed by atoms with Gasteiger partial charge in [0.25, 0.3) is 0 Å². The molecule has 0 fully saturated rings. The third-order valence-corrected chi connectivity index (χ3v) is 3.51. The Hall–Kier alpha value is -0.860. The first-order valence-corrected chi connectivity index (χ1v) is 6.06. The van der Waals surface area contributed by atoms with Crippen molar-refractivity contribution in [3.63, 3.8) is 0 Å². The van der Waals surface area contributed by atoms with Crippen molar-refractivity contribution in [3.8, 4) is 0 Å². The van der Waals surface area contributed by atoms with E-state index in [0.29, 0.717) is 10.0 Å². The zero-order valence-electron chi connectivity index (χ0n) is 8.33. The minimum Gasteiger partial charge on any atom is -0.207 e. The van der Waals surface area contributed by atoms with Gasteiger partial charge in [0.1, 0.15) is 5.82 Å². The Labute approximate surface area is 107 Å². The molecule has 0 radical (unpaired) electrons. The standard InChI is InChI=1S/C13H9BrClF/c14-10-7-4-8-11(16)12(10)13(15)9-5-2-1-3-6-9/h1-8,13H. The quantitative estimate of drug-likeness (QED) is 0.691. The molecule has 0 amide bonds. The summed E-state index contributed by atoms with van der Waals surface area (Å²) < 4.78 is 14.4. The van der Waals surface area contributed by atoms with Crippen LogP contribution >= 0.6 is 27.5 Å². The lowest BCUT2D eigenvalue weighted by Crippen LogP contribution is -1.98. The number of halogens is 3. The van der Waals surface area contributed by atoms with E-state index in [0.717, 1.165) is 5.56 Å². The van der Waals surface area contributed by atoms with E-state index >= 15 is 0 Å². The minimum atomic E-state index is -0.475. The van der Waals surface area contributed by atoms with Crippen molar-refractivity contribution in [2.24, 2.45) is 0 Å². The van der Waals surface area contributed by atoms with Crippen molar-refractivity contribution < 1.29 is 4.39 Å². The van der Waals surface area contributed by atoms with Crippen molar-refractivity contribution in [1.29, 1.82) is 0 Å². The molecular weight excluding hydrogens is 290 g/mol. The van der Waals surface area contributed by atoms with E-state index in [9.17, 15) is 4.39 Å². The van der Waals surface area contributed by atoms with Crippen LogP contribution in [0.2, 0.25) is 0 Å². The summed E-state index contributed by atoms with van der Waals surface area (Å²) in [5.41, 5.74) is 1.37. The summed E-state index contributed by atoms with van der Waals surface area (Å²) in [4.78, 5) is 0. The van der Waals surface area contributed by atoms with E-state index in [1.807, 2.05) is 30.3 Å². The molecule has 0 spiro atoms. The predicted octanol–water partition coefficient (Wildman–Crippen LogP) is 4.92. The Balaban J connectivity index is 2.46. The van der Waals surface area contributed by atoms with Crippen LogP contribution in [0.15, 0.2) is 53.0 Å². The first-order chi connectivity index (χ1) is 7.70. The average Bonchev–Trinajstić information content (AvgIpc) is 2.30. The van der Waals surface area contributed by atoms with Crippen LogP contribution < -0.4 is 0 Å². The van der Waals surface area contributed by atoms with Crippen LogP contribution in [0.1, 0.15) is 16.5 Å². The van der Waals surface area contributed by atoms with Crippen molar-refractivity contribution in [3.05, 3.63) is 69.9 Å². The van der Waals surface area contributed by atoms with Gasteiger partial charge in [-0.1, -0.05) is 52.3 Å². The molecule has 16 heavy (non-hydrogen) atoms. The molecule has 2 aromatic rings. The van der Waals surface area contributed by atoms with Gasteiger partial charge in [0.15, 0.2) is 0 Å². The van der Waals surface area contributed by atoms with Crippen LogP contribution in [-0.4, -0.2) is 0 Å². The van der Waals surface area contributed by atoms with Crippen LogP contribution in [-0.2, 0) is 0 Å². The molecule has 0 saturated carbocycles. The fourth-order valence-corrected chi connectivity index (χ4v) is 2.61. The molecular formula is C13H9BrClF. The van der Waals surface area contributed by atoms with E-state index in [-0.39, 0.29) is 5.82 Å². The average molecular weight is 300 g/mol. The maximum atomic E-state index is 13.7. The molecule has 2 rings (SSSR count). The number of rotatable bonds is 2. The smallest absolute Gasteiger partial charge is 0.129 e. The van der Waals surface area contributed by atoms with Crippen LogP contribution in [0, 0.1) is 5.82 Å². The summed E-state index contributed by atoms with van der Waals surface area (Å²) >= 11 is 9.59. The third kappa shape index (κ3) is 2.28. The van der Waals surface area contributed by atoms with Gasteiger partial charge in [-0.25, -0.2) is 4.39 Å². The topological polar surface area (TPSA) is 0 Å². The van der Waals surface area contributed by atoms with Gasteiger partial charge in [-0.3, -0.25) is 0 Å². The first kappa shape index (κ1) is 11.6. The first-order valence-electron chi connectivity index (χ1n) is 4.83. The van der Waals surface area contributed by atoms with Crippen LogP contribution in [0.5, 0.6) is 0 Å². The van der Waals surface area contributed by atoms with Gasteiger partial charge in [-0.05, 0) is 17.7 Å². The summed E-state index contributed by atoms with van der Waals surface area (Å²) in [7, 11) is 0. The van der Waals surface area contributed by atoms with Gasteiger partial charge >= 0.3 is 0 Å². The number of alkyl halides is 1. The highest BCUT2D eigenvalue weighted by molar-refractivity contribution is 9.10. The minimum absolute atomic E-state index is 0.293. The van der Waals surface area contributed by atoms with E-state index in [2.05, 4.69) is 15.9 Å². The van der Waals surface area contributed by atoms with Gasteiger partial charge < -0.3 is 0 Å². The summed E-state index contributed by atoms with van der Waals surface area (Å²) in [6.07, 6.45) is 0. The number of hydrogen-bond donors (Lipinski definition) is 0. The SMILES string of the molecule is Fc1cccc(Br)c1C(Cl)c1ccccc1. The van der Waals surface area contributed by atoms with Crippen molar-refractivity contribution in [1.82, 2.24) is 0 Å². The van der Waals surface area contributed by atoms with Crippen molar-refractivity contribution in [2.75, 3.05) is 0 Å². The van der Waals surface area contributed by atoms with E-state index < -0.39 is 5.38 Å². The molecule has 0 bridgehead atoms. The maximum absolute atomic E-state index is 13.7. The second-order valence-corrected chi connectivity index (χ2v) is 4.70. The van der Waals surface area contributed by atoms with Crippen LogP contribution in [0.25, 0.3) is 0 Å². The number of benzene rings is 2. The maximum Gasteiger partial charge on any atom is 0.129 e. The van der Waals surface area contributed by atoms with E-state index in [4.69, 9.17) is 11.6 Å². The van der Waals surface area contributed by atoms with Crippen LogP contribution in [0.4, 0.5) is 4.39 Å². The largest absolute Gasteiger partial charge is 0.207 e.